The van der Waals surface area contributed by atoms with Crippen LogP contribution < -0.4 is 15.5 Å². The number of nitrogens with zero attached hydrogens (tertiary/aromatic N) is 7. The van der Waals surface area contributed by atoms with Gasteiger partial charge in [-0.1, -0.05) is 0 Å². The van der Waals surface area contributed by atoms with Crippen LogP contribution in [-0.4, -0.2) is 88.0 Å². The number of nitrogens with two attached hydrogens (primary N) is 1. The van der Waals surface area contributed by atoms with Crippen molar-refractivity contribution < 1.29 is 14.3 Å². The molecule has 2 saturated heterocycles. The number of carbonyl (C=O) groups is 1. The summed E-state index contributed by atoms with van der Waals surface area (Å²) in [5.74, 6) is 1.84. The van der Waals surface area contributed by atoms with Gasteiger partial charge in [-0.15, -0.1) is 0 Å². The fourth-order valence-electron chi connectivity index (χ4n) is 4.96. The summed E-state index contributed by atoms with van der Waals surface area (Å²) < 4.78 is 11.2. The Morgan fingerprint density at radius 1 is 1.14 bits per heavy atom. The Kier molecular flexibility index (Phi) is 6.12. The van der Waals surface area contributed by atoms with Crippen molar-refractivity contribution in [1.29, 1.82) is 0 Å². The van der Waals surface area contributed by atoms with Crippen molar-refractivity contribution in [3.05, 3.63) is 18.0 Å². The van der Waals surface area contributed by atoms with Gasteiger partial charge in [0, 0.05) is 55.7 Å². The van der Waals surface area contributed by atoms with Gasteiger partial charge in [0.25, 0.3) is 0 Å². The molecule has 0 radical (unpaired) electrons. The minimum absolute atomic E-state index is 0.168. The van der Waals surface area contributed by atoms with Gasteiger partial charge in [-0.2, -0.15) is 4.98 Å². The molecule has 11 heteroatoms. The number of hydrogen-bond acceptors (Lipinski definition) is 10. The molecule has 2 fully saturated rings. The highest BCUT2D eigenvalue weighted by Gasteiger charge is 2.38. The summed E-state index contributed by atoms with van der Waals surface area (Å²) >= 11 is 0. The predicted molar refractivity (Wildman–Crippen MR) is 132 cm³/mol. The van der Waals surface area contributed by atoms with Crippen molar-refractivity contribution in [3.8, 4) is 11.3 Å². The van der Waals surface area contributed by atoms with E-state index >= 15 is 0 Å². The number of morpholine rings is 1. The largest absolute Gasteiger partial charge is 0.444 e. The Balaban J connectivity index is 1.47. The van der Waals surface area contributed by atoms with Crippen LogP contribution in [0.5, 0.6) is 0 Å². The van der Waals surface area contributed by atoms with Crippen LogP contribution in [0.3, 0.4) is 0 Å². The first-order chi connectivity index (χ1) is 16.7. The van der Waals surface area contributed by atoms with Crippen LogP contribution in [0.1, 0.15) is 39.7 Å². The third kappa shape index (κ3) is 4.82. The molecule has 5 rings (SSSR count). The molecule has 0 aliphatic carbocycles. The average Bonchev–Trinajstić information content (AvgIpc) is 3.45. The highest BCUT2D eigenvalue weighted by molar-refractivity contribution is 5.73. The highest BCUT2D eigenvalue weighted by Crippen LogP contribution is 2.38. The second-order valence-electron chi connectivity index (χ2n) is 10.4. The molecule has 0 aromatic carbocycles. The molecule has 35 heavy (non-hydrogen) atoms. The fraction of sp³-hybridized carbons (Fsp3) is 0.625. The summed E-state index contributed by atoms with van der Waals surface area (Å²) in [4.78, 5) is 37.4. The predicted octanol–water partition coefficient (Wildman–Crippen LogP) is 2.11. The fourth-order valence-corrected chi connectivity index (χ4v) is 4.96. The van der Waals surface area contributed by atoms with Crippen molar-refractivity contribution >= 4 is 23.8 Å². The number of fused-ring (bicyclic) bond motifs is 1. The van der Waals surface area contributed by atoms with E-state index in [1.54, 1.807) is 17.3 Å². The van der Waals surface area contributed by atoms with Gasteiger partial charge in [0.15, 0.2) is 0 Å². The monoisotopic (exact) mass is 482 g/mol. The molecule has 2 aromatic heterocycles. The van der Waals surface area contributed by atoms with E-state index in [9.17, 15) is 4.79 Å². The first kappa shape index (κ1) is 23.5. The second kappa shape index (κ2) is 9.10. The minimum Gasteiger partial charge on any atom is -0.444 e. The Morgan fingerprint density at radius 3 is 2.63 bits per heavy atom. The van der Waals surface area contributed by atoms with Crippen LogP contribution in [0.4, 0.5) is 22.5 Å². The van der Waals surface area contributed by atoms with Crippen LogP contribution in [0.25, 0.3) is 11.3 Å². The van der Waals surface area contributed by atoms with Gasteiger partial charge < -0.3 is 29.9 Å². The van der Waals surface area contributed by atoms with Crippen molar-refractivity contribution in [2.45, 2.75) is 58.2 Å². The summed E-state index contributed by atoms with van der Waals surface area (Å²) in [6.07, 6.45) is 4.87. The van der Waals surface area contributed by atoms with E-state index in [4.69, 9.17) is 25.2 Å². The number of nitrogen functional groups attached to an aromatic ring is 1. The molecule has 2 N–H and O–H groups in total. The number of likely N-dealkylation sites (tertiary alicyclic amines) is 1. The van der Waals surface area contributed by atoms with Crippen LogP contribution in [0.15, 0.2) is 12.4 Å². The van der Waals surface area contributed by atoms with Crippen molar-refractivity contribution in [2.24, 2.45) is 0 Å². The van der Waals surface area contributed by atoms with Crippen molar-refractivity contribution in [3.63, 3.8) is 0 Å². The Hall–Kier alpha value is -3.21. The van der Waals surface area contributed by atoms with E-state index in [1.807, 2.05) is 20.8 Å². The van der Waals surface area contributed by atoms with Crippen LogP contribution in [-0.2, 0) is 15.9 Å². The molecule has 2 aromatic rings. The molecule has 3 aliphatic rings. The molecule has 2 atom stereocenters. The van der Waals surface area contributed by atoms with Gasteiger partial charge >= 0.3 is 6.09 Å². The number of hydrogen-bond donors (Lipinski definition) is 1. The Morgan fingerprint density at radius 2 is 1.91 bits per heavy atom. The average molecular weight is 483 g/mol. The topological polar surface area (TPSA) is 123 Å². The summed E-state index contributed by atoms with van der Waals surface area (Å²) in [6.45, 7) is 11.9. The molecule has 0 saturated carbocycles. The zero-order valence-corrected chi connectivity index (χ0v) is 20.9. The zero-order chi connectivity index (χ0) is 24.7. The third-order valence-electron chi connectivity index (χ3n) is 6.67. The van der Waals surface area contributed by atoms with Gasteiger partial charge in [0.2, 0.25) is 11.9 Å². The lowest BCUT2D eigenvalue weighted by atomic mass is 10.1. The molecule has 188 valence electrons. The van der Waals surface area contributed by atoms with E-state index in [1.165, 1.54) is 0 Å². The highest BCUT2D eigenvalue weighted by atomic mass is 16.6. The van der Waals surface area contributed by atoms with Crippen molar-refractivity contribution in [1.82, 2.24) is 24.8 Å². The number of ether oxygens (including phenoxy) is 2. The normalized spacial score (nSPS) is 22.5. The van der Waals surface area contributed by atoms with Gasteiger partial charge in [-0.05, 0) is 40.5 Å². The maximum Gasteiger partial charge on any atom is 0.410 e. The van der Waals surface area contributed by atoms with E-state index in [2.05, 4.69) is 26.7 Å². The summed E-state index contributed by atoms with van der Waals surface area (Å²) in [5.41, 5.74) is 7.97. The molecule has 11 nitrogen and oxygen atoms in total. The first-order valence-electron chi connectivity index (χ1n) is 12.3. The van der Waals surface area contributed by atoms with E-state index in [0.29, 0.717) is 32.3 Å². The molecule has 0 bridgehead atoms. The maximum atomic E-state index is 12.6. The van der Waals surface area contributed by atoms with E-state index in [0.717, 1.165) is 48.6 Å². The molecule has 3 aliphatic heterocycles. The molecule has 1 amide bonds. The quantitative estimate of drug-likeness (QED) is 0.696. The van der Waals surface area contributed by atoms with Gasteiger partial charge in [-0.25, -0.2) is 19.7 Å². The maximum absolute atomic E-state index is 12.6. The second-order valence-corrected chi connectivity index (χ2v) is 10.4. The van der Waals surface area contributed by atoms with Gasteiger partial charge in [0.05, 0.1) is 24.9 Å². The van der Waals surface area contributed by atoms with E-state index < -0.39 is 5.60 Å². The lowest BCUT2D eigenvalue weighted by Gasteiger charge is -2.34. The van der Waals surface area contributed by atoms with Crippen LogP contribution in [0, 0.1) is 0 Å². The molecule has 5 heterocycles. The molecular weight excluding hydrogens is 448 g/mol. The van der Waals surface area contributed by atoms with E-state index in [-0.39, 0.29) is 24.1 Å². The summed E-state index contributed by atoms with van der Waals surface area (Å²) in [5, 5.41) is 0. The number of anilines is 3. The molecular formula is C24H34N8O3. The zero-order valence-electron chi connectivity index (χ0n) is 20.9. The number of carbonyl (C=O) groups excluding carboxylic acids is 1. The van der Waals surface area contributed by atoms with Crippen molar-refractivity contribution in [2.75, 3.05) is 54.9 Å². The van der Waals surface area contributed by atoms with Gasteiger partial charge in [0.1, 0.15) is 11.4 Å². The lowest BCUT2D eigenvalue weighted by Crippen LogP contribution is -2.45. The Labute approximate surface area is 205 Å². The van der Waals surface area contributed by atoms with Crippen LogP contribution >= 0.6 is 0 Å². The van der Waals surface area contributed by atoms with Gasteiger partial charge in [-0.3, -0.25) is 0 Å². The van der Waals surface area contributed by atoms with Crippen LogP contribution in [0.2, 0.25) is 0 Å². The minimum atomic E-state index is -0.511. The number of rotatable bonds is 3. The summed E-state index contributed by atoms with van der Waals surface area (Å²) in [7, 11) is 0. The Bertz CT molecular complexity index is 1090. The lowest BCUT2D eigenvalue weighted by molar-refractivity contribution is 0.0292. The first-order valence-corrected chi connectivity index (χ1v) is 12.3. The third-order valence-corrected chi connectivity index (χ3v) is 6.67. The number of amides is 1. The summed E-state index contributed by atoms with van der Waals surface area (Å²) in [6, 6.07) is 0.338. The smallest absolute Gasteiger partial charge is 0.410 e. The SMILES string of the molecule is CC1COCCN1c1nc(-c2cnc(N)nc2)c2c(n1)N(C1CCN(C(=O)OC(C)(C)C)C1)CC2. The molecule has 2 unspecified atom stereocenters. The standard InChI is InChI=1S/C24H34N8O3/c1-15-14-34-10-9-31(15)22-28-19(16-11-26-21(25)27-12-16)18-6-8-32(20(18)29-22)17-5-7-30(13-17)23(33)35-24(2,3)4/h11-12,15,17H,5-10,13-14H2,1-4H3,(H2,25,26,27). The molecule has 0 spiro atoms. The number of aromatic nitrogens is 4.